The van der Waals surface area contributed by atoms with E-state index >= 15 is 0 Å². The molecule has 51 heavy (non-hydrogen) atoms. The summed E-state index contributed by atoms with van der Waals surface area (Å²) in [4.78, 5) is 54.4. The average molecular weight is 707 g/mol. The van der Waals surface area contributed by atoms with Crippen molar-refractivity contribution in [2.45, 2.75) is 93.5 Å². The Kier molecular flexibility index (Phi) is 12.2. The maximum absolute atomic E-state index is 14.5. The van der Waals surface area contributed by atoms with Crippen molar-refractivity contribution in [3.63, 3.8) is 0 Å². The lowest BCUT2D eigenvalue weighted by molar-refractivity contribution is -0.192. The van der Waals surface area contributed by atoms with Gasteiger partial charge in [-0.2, -0.15) is 13.2 Å². The van der Waals surface area contributed by atoms with Gasteiger partial charge in [0, 0.05) is 31.6 Å². The Morgan fingerprint density at radius 2 is 1.12 bits per heavy atom. The zero-order valence-corrected chi connectivity index (χ0v) is 28.4. The average Bonchev–Trinajstić information content (AvgIpc) is 3.84. The highest BCUT2D eigenvalue weighted by Gasteiger charge is 2.45. The number of likely N-dealkylation sites (tertiary alicyclic amines) is 2. The number of rotatable bonds is 8. The monoisotopic (exact) mass is 706 g/mol. The first kappa shape index (κ1) is 37.5. The fourth-order valence-electron chi connectivity index (χ4n) is 7.68. The summed E-state index contributed by atoms with van der Waals surface area (Å²) in [6.45, 7) is 1.09. The molecule has 6 rings (SSSR count). The van der Waals surface area contributed by atoms with E-state index in [0.717, 1.165) is 55.2 Å². The van der Waals surface area contributed by atoms with Crippen LogP contribution in [0, 0.1) is 0 Å². The number of nitrogens with two attached hydrogens (primary N) is 1. The maximum Gasteiger partial charge on any atom is 0.490 e. The summed E-state index contributed by atoms with van der Waals surface area (Å²) in [5.74, 6) is -2.96. The van der Waals surface area contributed by atoms with E-state index < -0.39 is 29.6 Å². The first-order valence-corrected chi connectivity index (χ1v) is 17.5. The van der Waals surface area contributed by atoms with Gasteiger partial charge in [-0.05, 0) is 68.1 Å². The Balaban J connectivity index is 0.000000654. The van der Waals surface area contributed by atoms with Crippen LogP contribution in [0.2, 0.25) is 0 Å². The number of carboxylic acid groups (broad SMARTS) is 1. The maximum atomic E-state index is 14.5. The molecule has 4 N–H and O–H groups in total. The van der Waals surface area contributed by atoms with Crippen molar-refractivity contribution < 1.29 is 37.5 Å². The molecule has 9 nitrogen and oxygen atoms in total. The summed E-state index contributed by atoms with van der Waals surface area (Å²) in [6.07, 6.45) is 1.52. The van der Waals surface area contributed by atoms with Crippen molar-refractivity contribution in [1.82, 2.24) is 15.1 Å². The number of carbonyl (C=O) groups is 4. The fourth-order valence-corrected chi connectivity index (χ4v) is 7.68. The minimum absolute atomic E-state index is 0.0452. The van der Waals surface area contributed by atoms with Crippen molar-refractivity contribution >= 4 is 23.7 Å². The SMILES string of the molecule is NC1CCC(NC(=O)[C@H]2CCCN2C(=O)[C@@H]2CCCN2C(=O)CC(c2ccccc2)(c2ccccc2)c2ccccc2)CC1.O=C(O)C(F)(F)F. The van der Waals surface area contributed by atoms with E-state index in [2.05, 4.69) is 41.7 Å². The van der Waals surface area contributed by atoms with E-state index in [0.29, 0.717) is 25.9 Å². The summed E-state index contributed by atoms with van der Waals surface area (Å²) in [5, 5.41) is 10.3. The van der Waals surface area contributed by atoms with E-state index in [1.54, 1.807) is 9.80 Å². The van der Waals surface area contributed by atoms with Gasteiger partial charge in [0.15, 0.2) is 0 Å². The molecule has 3 amide bonds. The lowest BCUT2D eigenvalue weighted by Crippen LogP contribution is -2.54. The number of hydrogen-bond acceptors (Lipinski definition) is 5. The van der Waals surface area contributed by atoms with Gasteiger partial charge in [0.2, 0.25) is 17.7 Å². The van der Waals surface area contributed by atoms with Crippen LogP contribution in [0.1, 0.15) is 74.5 Å². The number of carboxylic acids is 1. The molecule has 0 spiro atoms. The van der Waals surface area contributed by atoms with Gasteiger partial charge in [-0.15, -0.1) is 0 Å². The largest absolute Gasteiger partial charge is 0.490 e. The zero-order valence-electron chi connectivity index (χ0n) is 28.4. The van der Waals surface area contributed by atoms with Crippen molar-refractivity contribution in [1.29, 1.82) is 0 Å². The number of halogens is 3. The van der Waals surface area contributed by atoms with Gasteiger partial charge in [-0.1, -0.05) is 91.0 Å². The lowest BCUT2D eigenvalue weighted by atomic mass is 9.67. The predicted octanol–water partition coefficient (Wildman–Crippen LogP) is 5.41. The number of carbonyl (C=O) groups excluding carboxylic acids is 3. The van der Waals surface area contributed by atoms with Crippen LogP contribution in [0.4, 0.5) is 13.2 Å². The van der Waals surface area contributed by atoms with Crippen LogP contribution in [0.15, 0.2) is 91.0 Å². The van der Waals surface area contributed by atoms with Crippen molar-refractivity contribution in [2.24, 2.45) is 5.73 Å². The van der Waals surface area contributed by atoms with E-state index in [-0.39, 0.29) is 36.2 Å². The smallest absolute Gasteiger partial charge is 0.475 e. The van der Waals surface area contributed by atoms with Crippen molar-refractivity contribution in [3.8, 4) is 0 Å². The van der Waals surface area contributed by atoms with Gasteiger partial charge in [0.1, 0.15) is 12.1 Å². The number of alkyl halides is 3. The number of nitrogens with zero attached hydrogens (tertiary/aromatic N) is 2. The number of nitrogens with one attached hydrogen (secondary N) is 1. The Morgan fingerprint density at radius 1 is 0.686 bits per heavy atom. The van der Waals surface area contributed by atoms with E-state index in [1.807, 2.05) is 54.6 Å². The lowest BCUT2D eigenvalue weighted by Gasteiger charge is -2.38. The van der Waals surface area contributed by atoms with E-state index in [4.69, 9.17) is 15.6 Å². The van der Waals surface area contributed by atoms with Gasteiger partial charge in [0.25, 0.3) is 0 Å². The Hall–Kier alpha value is -4.71. The van der Waals surface area contributed by atoms with Crippen LogP contribution < -0.4 is 11.1 Å². The first-order chi connectivity index (χ1) is 24.4. The second-order valence-electron chi connectivity index (χ2n) is 13.5. The third-order valence-corrected chi connectivity index (χ3v) is 10.3. The zero-order chi connectivity index (χ0) is 36.6. The molecule has 3 fully saturated rings. The minimum atomic E-state index is -5.08. The molecular weight excluding hydrogens is 661 g/mol. The highest BCUT2D eigenvalue weighted by atomic mass is 19.4. The third-order valence-electron chi connectivity index (χ3n) is 10.3. The summed E-state index contributed by atoms with van der Waals surface area (Å²) < 4.78 is 31.7. The van der Waals surface area contributed by atoms with Crippen molar-refractivity contribution in [3.05, 3.63) is 108 Å². The van der Waals surface area contributed by atoms with Gasteiger partial charge in [-0.25, -0.2) is 4.79 Å². The molecule has 2 aliphatic heterocycles. The second kappa shape index (κ2) is 16.5. The summed E-state index contributed by atoms with van der Waals surface area (Å²) in [5.41, 5.74) is 8.44. The van der Waals surface area contributed by atoms with Crippen LogP contribution in [-0.4, -0.2) is 82.0 Å². The topological polar surface area (TPSA) is 133 Å². The molecule has 2 saturated heterocycles. The normalized spacial score (nSPS) is 22.1. The molecule has 12 heteroatoms. The molecular formula is C39H45F3N4O5. The second-order valence-corrected chi connectivity index (χ2v) is 13.5. The van der Waals surface area contributed by atoms with Gasteiger partial charge >= 0.3 is 12.1 Å². The minimum Gasteiger partial charge on any atom is -0.475 e. The number of aliphatic carboxylic acids is 1. The van der Waals surface area contributed by atoms with Crippen LogP contribution in [0.3, 0.4) is 0 Å². The number of hydrogen-bond donors (Lipinski definition) is 3. The molecule has 0 unspecified atom stereocenters. The van der Waals surface area contributed by atoms with Crippen LogP contribution in [0.25, 0.3) is 0 Å². The molecule has 3 aromatic carbocycles. The molecule has 2 atom stereocenters. The van der Waals surface area contributed by atoms with E-state index in [9.17, 15) is 27.6 Å². The molecule has 1 aliphatic carbocycles. The molecule has 1 saturated carbocycles. The summed E-state index contributed by atoms with van der Waals surface area (Å²) in [6, 6.07) is 29.9. The van der Waals surface area contributed by atoms with Crippen LogP contribution in [-0.2, 0) is 24.6 Å². The summed E-state index contributed by atoms with van der Waals surface area (Å²) >= 11 is 0. The molecule has 3 aromatic rings. The quantitative estimate of drug-likeness (QED) is 0.269. The Labute approximate surface area is 296 Å². The molecule has 0 bridgehead atoms. The first-order valence-electron chi connectivity index (χ1n) is 17.5. The standard InChI is InChI=1S/C37H44N4O3.C2HF3O2/c38-30-20-22-31(23-21-30)39-35(43)32-18-10-25-41(32)36(44)33-19-11-24-40(33)34(42)26-37(27-12-4-1-5-13-27,28-14-6-2-7-15-28)29-16-8-3-9-17-29;3-2(4,5)1(6)7/h1-9,12-17,30-33H,10-11,18-26,38H2,(H,39,43);(H,6,7)/t30?,31?,32-,33+;/m1./s1. The highest BCUT2D eigenvalue weighted by molar-refractivity contribution is 5.93. The Bertz CT molecular complexity index is 1540. The van der Waals surface area contributed by atoms with Gasteiger partial charge in [-0.3, -0.25) is 14.4 Å². The highest BCUT2D eigenvalue weighted by Crippen LogP contribution is 2.43. The molecule has 2 heterocycles. The fraction of sp³-hybridized carbons (Fsp3) is 0.436. The summed E-state index contributed by atoms with van der Waals surface area (Å²) in [7, 11) is 0. The van der Waals surface area contributed by atoms with Gasteiger partial charge in [0.05, 0.1) is 5.41 Å². The molecule has 272 valence electrons. The van der Waals surface area contributed by atoms with Crippen molar-refractivity contribution in [2.75, 3.05) is 13.1 Å². The van der Waals surface area contributed by atoms with Crippen LogP contribution >= 0.6 is 0 Å². The molecule has 0 radical (unpaired) electrons. The number of amides is 3. The van der Waals surface area contributed by atoms with E-state index in [1.165, 1.54) is 0 Å². The Morgan fingerprint density at radius 3 is 1.57 bits per heavy atom. The molecule has 0 aromatic heterocycles. The predicted molar refractivity (Wildman–Crippen MR) is 185 cm³/mol. The third kappa shape index (κ3) is 8.79. The van der Waals surface area contributed by atoms with Crippen LogP contribution in [0.5, 0.6) is 0 Å². The van der Waals surface area contributed by atoms with Gasteiger partial charge < -0.3 is 26.0 Å². The number of benzene rings is 3. The molecule has 3 aliphatic rings.